The average molecular weight is 286 g/mol. The molecule has 4 atom stereocenters. The van der Waals surface area contributed by atoms with E-state index in [1.54, 1.807) is 4.90 Å². The summed E-state index contributed by atoms with van der Waals surface area (Å²) in [4.78, 5) is 26.8. The van der Waals surface area contributed by atoms with Crippen LogP contribution in [0.25, 0.3) is 0 Å². The van der Waals surface area contributed by atoms with Crippen molar-refractivity contribution in [3.63, 3.8) is 0 Å². The van der Waals surface area contributed by atoms with Crippen LogP contribution in [0, 0.1) is 0 Å². The zero-order valence-corrected chi connectivity index (χ0v) is 11.9. The van der Waals surface area contributed by atoms with Crippen LogP contribution in [0.4, 0.5) is 4.79 Å². The van der Waals surface area contributed by atoms with Crippen molar-refractivity contribution in [2.75, 3.05) is 19.7 Å². The zero-order chi connectivity index (χ0) is 14.9. The Morgan fingerprint density at radius 3 is 2.60 bits per heavy atom. The van der Waals surface area contributed by atoms with Crippen molar-refractivity contribution in [3.05, 3.63) is 0 Å². The molecule has 2 saturated heterocycles. The maximum Gasteiger partial charge on any atom is 0.326 e. The molecule has 7 nitrogen and oxygen atoms in total. The van der Waals surface area contributed by atoms with Gasteiger partial charge in [0, 0.05) is 19.5 Å². The van der Waals surface area contributed by atoms with Crippen LogP contribution >= 0.6 is 0 Å². The van der Waals surface area contributed by atoms with Crippen LogP contribution in [0.1, 0.15) is 26.7 Å². The Morgan fingerprint density at radius 1 is 1.30 bits per heavy atom. The standard InChI is InChI=1S/C13H22N2O5/c1-3-9-7-20-8(2)5-14(9)13(19)15-6-10(16)4-11(15)12(17)18/h8-11,16H,3-7H2,1-2H3,(H,17,18)/t8?,9?,10?,11-/m0/s1. The Hall–Kier alpha value is -1.34. The number of carbonyl (C=O) groups excluding carboxylic acids is 1. The first-order chi connectivity index (χ1) is 9.43. The van der Waals surface area contributed by atoms with Gasteiger partial charge < -0.3 is 24.7 Å². The molecule has 0 spiro atoms. The van der Waals surface area contributed by atoms with Crippen LogP contribution in [0.15, 0.2) is 0 Å². The number of urea groups is 1. The molecule has 2 rings (SSSR count). The minimum atomic E-state index is -1.07. The number of aliphatic carboxylic acids is 1. The molecule has 0 radical (unpaired) electrons. The van der Waals surface area contributed by atoms with Crippen molar-refractivity contribution in [1.29, 1.82) is 0 Å². The van der Waals surface area contributed by atoms with E-state index in [1.807, 2.05) is 13.8 Å². The number of carboxylic acids is 1. The molecule has 0 aromatic heterocycles. The predicted molar refractivity (Wildman–Crippen MR) is 70.3 cm³/mol. The molecule has 2 aliphatic rings. The number of nitrogens with zero attached hydrogens (tertiary/aromatic N) is 2. The molecule has 0 aromatic carbocycles. The highest BCUT2D eigenvalue weighted by atomic mass is 16.5. The van der Waals surface area contributed by atoms with Crippen molar-refractivity contribution >= 4 is 12.0 Å². The van der Waals surface area contributed by atoms with Crippen molar-refractivity contribution < 1.29 is 24.5 Å². The summed E-state index contributed by atoms with van der Waals surface area (Å²) in [7, 11) is 0. The number of likely N-dealkylation sites (tertiary alicyclic amines) is 1. The lowest BCUT2D eigenvalue weighted by Gasteiger charge is -2.40. The molecular formula is C13H22N2O5. The second-order valence-corrected chi connectivity index (χ2v) is 5.54. The molecule has 2 aliphatic heterocycles. The number of hydrogen-bond donors (Lipinski definition) is 2. The van der Waals surface area contributed by atoms with Gasteiger partial charge in [-0.05, 0) is 13.3 Å². The molecule has 0 bridgehead atoms. The quantitative estimate of drug-likeness (QED) is 0.753. The summed E-state index contributed by atoms with van der Waals surface area (Å²) in [6, 6.07) is -1.28. The van der Waals surface area contributed by atoms with Gasteiger partial charge in [-0.1, -0.05) is 6.92 Å². The van der Waals surface area contributed by atoms with E-state index in [1.165, 1.54) is 4.90 Å². The van der Waals surface area contributed by atoms with Crippen molar-refractivity contribution in [2.45, 2.75) is 51.0 Å². The molecule has 2 amide bonds. The number of rotatable bonds is 2. The summed E-state index contributed by atoms with van der Waals surface area (Å²) < 4.78 is 5.54. The van der Waals surface area contributed by atoms with E-state index in [0.29, 0.717) is 13.2 Å². The Morgan fingerprint density at radius 2 is 2.00 bits per heavy atom. The van der Waals surface area contributed by atoms with Gasteiger partial charge in [0.25, 0.3) is 0 Å². The van der Waals surface area contributed by atoms with Gasteiger partial charge in [-0.3, -0.25) is 0 Å². The third-order valence-electron chi connectivity index (χ3n) is 3.99. The lowest BCUT2D eigenvalue weighted by atomic mass is 10.1. The summed E-state index contributed by atoms with van der Waals surface area (Å²) >= 11 is 0. The summed E-state index contributed by atoms with van der Waals surface area (Å²) in [6.07, 6.45) is 0.0285. The largest absolute Gasteiger partial charge is 0.480 e. The number of hydrogen-bond acceptors (Lipinski definition) is 4. The van der Waals surface area contributed by atoms with E-state index < -0.39 is 18.1 Å². The number of aliphatic hydroxyl groups is 1. The van der Waals surface area contributed by atoms with Crippen LogP contribution in [-0.4, -0.2) is 76.0 Å². The fourth-order valence-electron chi connectivity index (χ4n) is 2.84. The first-order valence-corrected chi connectivity index (χ1v) is 7.03. The van der Waals surface area contributed by atoms with E-state index in [9.17, 15) is 19.8 Å². The molecular weight excluding hydrogens is 264 g/mol. The first kappa shape index (κ1) is 15.1. The molecule has 3 unspecified atom stereocenters. The number of morpholine rings is 1. The topological polar surface area (TPSA) is 90.3 Å². The molecule has 2 heterocycles. The van der Waals surface area contributed by atoms with Gasteiger partial charge in [0.05, 0.1) is 24.9 Å². The SMILES string of the molecule is CCC1COC(C)CN1C(=O)N1CC(O)C[C@H]1C(=O)O. The van der Waals surface area contributed by atoms with Crippen LogP contribution in [-0.2, 0) is 9.53 Å². The number of β-amino-alcohol motifs (C(OH)–C–C–N with tert-alkyl or cyclic N) is 1. The maximum atomic E-state index is 12.6. The molecule has 2 fully saturated rings. The van der Waals surface area contributed by atoms with Crippen LogP contribution < -0.4 is 0 Å². The van der Waals surface area contributed by atoms with Gasteiger partial charge in [-0.15, -0.1) is 0 Å². The Balaban J connectivity index is 2.13. The second-order valence-electron chi connectivity index (χ2n) is 5.54. The summed E-state index contributed by atoms with van der Waals surface area (Å²) in [5, 5.41) is 18.8. The van der Waals surface area contributed by atoms with Gasteiger partial charge in [0.15, 0.2) is 0 Å². The Kier molecular flexibility index (Phi) is 4.49. The summed E-state index contributed by atoms with van der Waals surface area (Å²) in [6.45, 7) is 4.86. The first-order valence-electron chi connectivity index (χ1n) is 7.03. The highest BCUT2D eigenvalue weighted by Crippen LogP contribution is 2.23. The third kappa shape index (κ3) is 2.88. The van der Waals surface area contributed by atoms with Crippen LogP contribution in [0.3, 0.4) is 0 Å². The number of carbonyl (C=O) groups is 2. The van der Waals surface area contributed by atoms with Gasteiger partial charge in [-0.2, -0.15) is 0 Å². The van der Waals surface area contributed by atoms with Crippen LogP contribution in [0.5, 0.6) is 0 Å². The van der Waals surface area contributed by atoms with Gasteiger partial charge in [-0.25, -0.2) is 9.59 Å². The molecule has 7 heteroatoms. The van der Waals surface area contributed by atoms with Crippen molar-refractivity contribution in [3.8, 4) is 0 Å². The smallest absolute Gasteiger partial charge is 0.326 e. The fraction of sp³-hybridized carbons (Fsp3) is 0.846. The van der Waals surface area contributed by atoms with Gasteiger partial charge in [0.2, 0.25) is 0 Å². The monoisotopic (exact) mass is 286 g/mol. The fourth-order valence-corrected chi connectivity index (χ4v) is 2.84. The Bertz CT molecular complexity index is 389. The molecule has 0 saturated carbocycles. The van der Waals surface area contributed by atoms with Gasteiger partial charge >= 0.3 is 12.0 Å². The van der Waals surface area contributed by atoms with E-state index >= 15 is 0 Å². The summed E-state index contributed by atoms with van der Waals surface area (Å²) in [5.74, 6) is -1.07. The van der Waals surface area contributed by atoms with E-state index in [2.05, 4.69) is 0 Å². The maximum absolute atomic E-state index is 12.6. The average Bonchev–Trinajstić information content (AvgIpc) is 2.80. The third-order valence-corrected chi connectivity index (χ3v) is 3.99. The number of carboxylic acid groups (broad SMARTS) is 1. The minimum Gasteiger partial charge on any atom is -0.480 e. The lowest BCUT2D eigenvalue weighted by molar-refractivity contribution is -0.141. The predicted octanol–water partition coefficient (Wildman–Crippen LogP) is 0.125. The van der Waals surface area contributed by atoms with E-state index in [4.69, 9.17) is 4.74 Å². The number of amides is 2. The second kappa shape index (κ2) is 5.97. The van der Waals surface area contributed by atoms with Crippen LogP contribution in [0.2, 0.25) is 0 Å². The highest BCUT2D eigenvalue weighted by molar-refractivity contribution is 5.83. The number of aliphatic hydroxyl groups excluding tert-OH is 1. The summed E-state index contributed by atoms with van der Waals surface area (Å²) in [5.41, 5.74) is 0. The molecule has 0 aromatic rings. The lowest BCUT2D eigenvalue weighted by Crippen LogP contribution is -2.57. The molecule has 114 valence electrons. The van der Waals surface area contributed by atoms with E-state index in [-0.39, 0.29) is 31.1 Å². The highest BCUT2D eigenvalue weighted by Gasteiger charge is 2.42. The molecule has 2 N–H and O–H groups in total. The van der Waals surface area contributed by atoms with Crippen molar-refractivity contribution in [2.24, 2.45) is 0 Å². The Labute approximate surface area is 118 Å². The van der Waals surface area contributed by atoms with E-state index in [0.717, 1.165) is 6.42 Å². The van der Waals surface area contributed by atoms with Gasteiger partial charge in [0.1, 0.15) is 6.04 Å². The minimum absolute atomic E-state index is 0.0362. The normalized spacial score (nSPS) is 34.4. The van der Waals surface area contributed by atoms with Crippen molar-refractivity contribution in [1.82, 2.24) is 9.80 Å². The number of ether oxygens (including phenoxy) is 1. The zero-order valence-electron chi connectivity index (χ0n) is 11.9. The molecule has 0 aliphatic carbocycles. The molecule has 20 heavy (non-hydrogen) atoms.